The van der Waals surface area contributed by atoms with E-state index in [4.69, 9.17) is 5.11 Å². The minimum atomic E-state index is -0.878. The van der Waals surface area contributed by atoms with E-state index in [2.05, 4.69) is 41.5 Å². The number of carboxylic acids is 1. The lowest BCUT2D eigenvalue weighted by Crippen LogP contribution is -2.59. The molecule has 4 aliphatic carbocycles. The zero-order valence-electron chi connectivity index (χ0n) is 22.7. The number of rotatable bonds is 5. The van der Waals surface area contributed by atoms with Crippen LogP contribution >= 0.6 is 0 Å². The predicted molar refractivity (Wildman–Crippen MR) is 136 cm³/mol. The second-order valence-corrected chi connectivity index (χ2v) is 13.5. The molecule has 4 aliphatic rings. The summed E-state index contributed by atoms with van der Waals surface area (Å²) >= 11 is 0. The van der Waals surface area contributed by atoms with Gasteiger partial charge in [-0.25, -0.2) is 4.79 Å². The van der Waals surface area contributed by atoms with Crippen LogP contribution in [0.4, 0.5) is 0 Å². The number of carboxylic acid groups (broad SMARTS) is 1. The first-order chi connectivity index (χ1) is 16.1. The second kappa shape index (κ2) is 8.39. The van der Waals surface area contributed by atoms with Crippen LogP contribution in [0.3, 0.4) is 0 Å². The highest BCUT2D eigenvalue weighted by atomic mass is 16.4. The van der Waals surface area contributed by atoms with E-state index < -0.39 is 17.5 Å². The van der Waals surface area contributed by atoms with Crippen molar-refractivity contribution in [2.24, 2.45) is 39.4 Å². The fourth-order valence-corrected chi connectivity index (χ4v) is 8.96. The van der Waals surface area contributed by atoms with Crippen molar-refractivity contribution in [3.05, 3.63) is 22.8 Å². The van der Waals surface area contributed by atoms with E-state index in [-0.39, 0.29) is 33.7 Å². The summed E-state index contributed by atoms with van der Waals surface area (Å²) < 4.78 is 0. The number of Topliss-reactive ketones (excluding diaryl/α,β-unsaturated/α-hetero) is 2. The van der Waals surface area contributed by atoms with Gasteiger partial charge in [0.05, 0.1) is 6.10 Å². The Labute approximate surface area is 210 Å². The van der Waals surface area contributed by atoms with Crippen molar-refractivity contribution in [2.45, 2.75) is 106 Å². The fourth-order valence-electron chi connectivity index (χ4n) is 8.96. The summed E-state index contributed by atoms with van der Waals surface area (Å²) in [4.78, 5) is 39.0. The molecule has 2 fully saturated rings. The molecule has 0 aromatic heterocycles. The van der Waals surface area contributed by atoms with Crippen LogP contribution in [0.2, 0.25) is 0 Å². The van der Waals surface area contributed by atoms with Crippen molar-refractivity contribution >= 4 is 17.5 Å². The first-order valence-corrected chi connectivity index (χ1v) is 13.5. The van der Waals surface area contributed by atoms with Gasteiger partial charge < -0.3 is 10.2 Å². The Hall–Kier alpha value is -1.75. The van der Waals surface area contributed by atoms with E-state index in [9.17, 15) is 19.5 Å². The lowest BCUT2D eigenvalue weighted by molar-refractivity contribution is -0.141. The molecule has 0 aromatic rings. The Balaban J connectivity index is 1.71. The third-order valence-corrected chi connectivity index (χ3v) is 11.4. The molecule has 0 amide bonds. The van der Waals surface area contributed by atoms with Gasteiger partial charge in [-0.3, -0.25) is 9.59 Å². The van der Waals surface area contributed by atoms with Gasteiger partial charge >= 0.3 is 5.97 Å². The number of fused-ring (bicyclic) bond motifs is 4. The summed E-state index contributed by atoms with van der Waals surface area (Å²) in [6, 6.07) is 0. The van der Waals surface area contributed by atoms with Crippen molar-refractivity contribution in [1.29, 1.82) is 0 Å². The summed E-state index contributed by atoms with van der Waals surface area (Å²) in [5.74, 6) is 0.0132. The van der Waals surface area contributed by atoms with Crippen LogP contribution in [0.1, 0.15) is 99.8 Å². The quantitative estimate of drug-likeness (QED) is 0.474. The first kappa shape index (κ1) is 26.3. The number of allylic oxidation sites excluding steroid dienone is 3. The number of aliphatic hydroxyl groups excluding tert-OH is 1. The van der Waals surface area contributed by atoms with E-state index >= 15 is 0 Å². The normalized spacial score (nSPS) is 41.8. The van der Waals surface area contributed by atoms with Gasteiger partial charge in [-0.1, -0.05) is 47.6 Å². The lowest BCUT2D eigenvalue weighted by Gasteiger charge is -2.60. The van der Waals surface area contributed by atoms with Crippen molar-refractivity contribution in [3.63, 3.8) is 0 Å². The van der Waals surface area contributed by atoms with Gasteiger partial charge in [-0.15, -0.1) is 0 Å². The van der Waals surface area contributed by atoms with E-state index in [1.165, 1.54) is 0 Å². The van der Waals surface area contributed by atoms with Crippen molar-refractivity contribution in [3.8, 4) is 0 Å². The molecular formula is C30H44O5. The summed E-state index contributed by atoms with van der Waals surface area (Å²) in [5, 5.41) is 19.9. The van der Waals surface area contributed by atoms with Gasteiger partial charge in [0.15, 0.2) is 11.6 Å². The number of hydrogen-bond acceptors (Lipinski definition) is 4. The summed E-state index contributed by atoms with van der Waals surface area (Å²) in [5.41, 5.74) is 0.612. The molecule has 0 saturated heterocycles. The smallest absolute Gasteiger partial charge is 0.330 e. The van der Waals surface area contributed by atoms with Crippen LogP contribution < -0.4 is 0 Å². The monoisotopic (exact) mass is 484 g/mol. The number of carbonyl (C=O) groups is 3. The highest BCUT2D eigenvalue weighted by Gasteiger charge is 2.67. The number of aliphatic hydroxyl groups is 1. The molecule has 0 heterocycles. The maximum absolute atomic E-state index is 14.0. The third kappa shape index (κ3) is 3.62. The van der Waals surface area contributed by atoms with Crippen LogP contribution in [-0.4, -0.2) is 33.9 Å². The van der Waals surface area contributed by atoms with E-state index in [0.717, 1.165) is 36.8 Å². The topological polar surface area (TPSA) is 91.7 Å². The Kier molecular flexibility index (Phi) is 6.31. The van der Waals surface area contributed by atoms with Gasteiger partial charge in [0.1, 0.15) is 0 Å². The van der Waals surface area contributed by atoms with E-state index in [1.54, 1.807) is 13.0 Å². The van der Waals surface area contributed by atoms with Gasteiger partial charge in [0.25, 0.3) is 0 Å². The number of carbonyl (C=O) groups excluding carboxylic acids is 2. The van der Waals surface area contributed by atoms with Crippen molar-refractivity contribution in [2.75, 3.05) is 0 Å². The molecule has 0 unspecified atom stereocenters. The van der Waals surface area contributed by atoms with E-state index in [1.807, 2.05) is 0 Å². The summed E-state index contributed by atoms with van der Waals surface area (Å²) in [6.07, 6.45) is 7.12. The van der Waals surface area contributed by atoms with Crippen molar-refractivity contribution < 1.29 is 24.6 Å². The zero-order chi connectivity index (χ0) is 26.1. The Morgan fingerprint density at radius 1 is 1.06 bits per heavy atom. The molecule has 4 rings (SSSR count). The standard InChI is InChI=1S/C30H44O5/c1-17(9-8-10-18(2)26(34)35)19-11-14-29(6)25-20(31)15-22-27(3,4)23(33)12-13-28(22,5)24(25)21(32)16-30(19,29)7/h10,17,19,22-23,33H,8-9,11-16H2,1-7H3,(H,34,35)/b18-10+/t17-,19-,22+,23+,28+,29+,30-/m1/s1. The minimum Gasteiger partial charge on any atom is -0.478 e. The average molecular weight is 485 g/mol. The van der Waals surface area contributed by atoms with Crippen LogP contribution in [0.15, 0.2) is 22.8 Å². The molecule has 2 saturated carbocycles. The molecule has 0 aromatic carbocycles. The number of aliphatic carboxylic acids is 1. The molecule has 0 radical (unpaired) electrons. The largest absolute Gasteiger partial charge is 0.478 e. The molecule has 35 heavy (non-hydrogen) atoms. The SMILES string of the molecule is C/C(=C\CC[C@@H](C)[C@H]1CC[C@@]2(C)C3=C(C(=O)C[C@]12C)[C@@]1(C)CC[C@H](O)C(C)(C)[C@@H]1CC3=O)C(=O)O. The Bertz CT molecular complexity index is 1020. The molecule has 5 nitrogen and oxygen atoms in total. The summed E-state index contributed by atoms with van der Waals surface area (Å²) in [6.45, 7) is 14.6. The van der Waals surface area contributed by atoms with Gasteiger partial charge in [-0.2, -0.15) is 0 Å². The number of hydrogen-bond donors (Lipinski definition) is 2. The van der Waals surface area contributed by atoms with Gasteiger partial charge in [0, 0.05) is 40.4 Å². The molecule has 0 aliphatic heterocycles. The van der Waals surface area contributed by atoms with Crippen LogP contribution in [0.25, 0.3) is 0 Å². The molecule has 5 heteroatoms. The van der Waals surface area contributed by atoms with Crippen LogP contribution in [0.5, 0.6) is 0 Å². The number of ketones is 2. The Morgan fingerprint density at radius 3 is 2.34 bits per heavy atom. The predicted octanol–water partition coefficient (Wildman–Crippen LogP) is 5.90. The fraction of sp³-hybridized carbons (Fsp3) is 0.767. The summed E-state index contributed by atoms with van der Waals surface area (Å²) in [7, 11) is 0. The molecule has 0 bridgehead atoms. The maximum Gasteiger partial charge on any atom is 0.330 e. The Morgan fingerprint density at radius 2 is 1.71 bits per heavy atom. The average Bonchev–Trinajstić information content (AvgIpc) is 3.03. The minimum absolute atomic E-state index is 0.0257. The molecule has 7 atom stereocenters. The van der Waals surface area contributed by atoms with Gasteiger partial charge in [0.2, 0.25) is 0 Å². The molecule has 0 spiro atoms. The maximum atomic E-state index is 14.0. The lowest BCUT2D eigenvalue weighted by atomic mass is 9.43. The molecule has 194 valence electrons. The zero-order valence-corrected chi connectivity index (χ0v) is 22.7. The van der Waals surface area contributed by atoms with E-state index in [0.29, 0.717) is 43.1 Å². The highest BCUT2D eigenvalue weighted by molar-refractivity contribution is 6.11. The molecule has 2 N–H and O–H groups in total. The highest BCUT2D eigenvalue weighted by Crippen LogP contribution is 2.71. The van der Waals surface area contributed by atoms with Gasteiger partial charge in [-0.05, 0) is 74.0 Å². The molecular weight excluding hydrogens is 440 g/mol. The van der Waals surface area contributed by atoms with Crippen LogP contribution in [-0.2, 0) is 14.4 Å². The first-order valence-electron chi connectivity index (χ1n) is 13.5. The third-order valence-electron chi connectivity index (χ3n) is 11.4. The van der Waals surface area contributed by atoms with Crippen LogP contribution in [0, 0.1) is 39.4 Å². The second-order valence-electron chi connectivity index (χ2n) is 13.5. The van der Waals surface area contributed by atoms with Crippen molar-refractivity contribution in [1.82, 2.24) is 0 Å².